The van der Waals surface area contributed by atoms with E-state index >= 15 is 0 Å². The van der Waals surface area contributed by atoms with Gasteiger partial charge in [0.25, 0.3) is 0 Å². The van der Waals surface area contributed by atoms with Crippen LogP contribution in [0.3, 0.4) is 0 Å². The maximum atomic E-state index is 8.90. The molecule has 0 spiro atoms. The van der Waals surface area contributed by atoms with Gasteiger partial charge in [0, 0.05) is 18.3 Å². The van der Waals surface area contributed by atoms with Crippen molar-refractivity contribution in [1.29, 1.82) is 5.26 Å². The van der Waals surface area contributed by atoms with Gasteiger partial charge in [-0.25, -0.2) is 0 Å². The minimum Gasteiger partial charge on any atom is -0.486 e. The van der Waals surface area contributed by atoms with Crippen LogP contribution in [0, 0.1) is 11.3 Å². The summed E-state index contributed by atoms with van der Waals surface area (Å²) in [5.41, 5.74) is 1.04. The molecule has 5 nitrogen and oxygen atoms in total. The summed E-state index contributed by atoms with van der Waals surface area (Å²) in [5.74, 6) is 1.56. The molecule has 0 aliphatic carbocycles. The van der Waals surface area contributed by atoms with Crippen molar-refractivity contribution in [3.8, 4) is 17.6 Å². The molecule has 0 saturated carbocycles. The Hall–Kier alpha value is -1.93. The third kappa shape index (κ3) is 2.07. The van der Waals surface area contributed by atoms with Crippen molar-refractivity contribution < 1.29 is 14.2 Å². The van der Waals surface area contributed by atoms with Crippen molar-refractivity contribution in [1.82, 2.24) is 0 Å². The van der Waals surface area contributed by atoms with Gasteiger partial charge in [-0.15, -0.1) is 0 Å². The molecule has 1 unspecified atom stereocenters. The van der Waals surface area contributed by atoms with Crippen molar-refractivity contribution in [2.45, 2.75) is 6.10 Å². The van der Waals surface area contributed by atoms with Gasteiger partial charge < -0.3 is 19.1 Å². The van der Waals surface area contributed by atoms with E-state index in [1.807, 2.05) is 18.2 Å². The molecule has 2 aliphatic heterocycles. The highest BCUT2D eigenvalue weighted by Crippen LogP contribution is 2.34. The molecule has 0 radical (unpaired) electrons. The second-order valence-electron chi connectivity index (χ2n) is 4.26. The Kier molecular flexibility index (Phi) is 2.95. The fourth-order valence-electron chi connectivity index (χ4n) is 2.19. The molecule has 2 aliphatic rings. The number of fused-ring (bicyclic) bond motifs is 1. The van der Waals surface area contributed by atoms with Gasteiger partial charge in [-0.2, -0.15) is 5.26 Å². The number of benzene rings is 1. The van der Waals surface area contributed by atoms with Crippen LogP contribution in [0.15, 0.2) is 18.2 Å². The first kappa shape index (κ1) is 11.2. The highest BCUT2D eigenvalue weighted by Gasteiger charge is 2.21. The van der Waals surface area contributed by atoms with Crippen molar-refractivity contribution in [2.75, 3.05) is 37.8 Å². The second kappa shape index (κ2) is 4.75. The molecule has 1 aromatic rings. The Labute approximate surface area is 105 Å². The molecule has 18 heavy (non-hydrogen) atoms. The van der Waals surface area contributed by atoms with Gasteiger partial charge >= 0.3 is 0 Å². The Morgan fingerprint density at radius 2 is 2.00 bits per heavy atom. The number of nitrogens with zero attached hydrogens (tertiary/aromatic N) is 2. The van der Waals surface area contributed by atoms with Crippen LogP contribution in [0.5, 0.6) is 11.5 Å². The first-order valence-electron chi connectivity index (χ1n) is 6.02. The number of hydrogen-bond donors (Lipinski definition) is 0. The van der Waals surface area contributed by atoms with E-state index in [0.717, 1.165) is 23.7 Å². The number of nitriles is 1. The first-order chi connectivity index (χ1) is 8.86. The normalized spacial score (nSPS) is 22.4. The van der Waals surface area contributed by atoms with E-state index in [9.17, 15) is 0 Å². The molecule has 3 rings (SSSR count). The Morgan fingerprint density at radius 3 is 2.83 bits per heavy atom. The average molecular weight is 246 g/mol. The van der Waals surface area contributed by atoms with Crippen LogP contribution in [0.2, 0.25) is 0 Å². The predicted molar refractivity (Wildman–Crippen MR) is 65.0 cm³/mol. The smallest absolute Gasteiger partial charge is 0.163 e. The number of ether oxygens (including phenoxy) is 3. The molecule has 1 atom stereocenters. The molecule has 5 heteroatoms. The molecule has 0 bridgehead atoms. The maximum Gasteiger partial charge on any atom is 0.163 e. The van der Waals surface area contributed by atoms with Crippen molar-refractivity contribution in [2.24, 2.45) is 0 Å². The zero-order valence-corrected chi connectivity index (χ0v) is 9.96. The van der Waals surface area contributed by atoms with Crippen LogP contribution in [0.1, 0.15) is 0 Å². The van der Waals surface area contributed by atoms with Crippen LogP contribution < -0.4 is 14.4 Å². The van der Waals surface area contributed by atoms with Crippen molar-refractivity contribution in [3.05, 3.63) is 18.2 Å². The molecule has 0 N–H and O–H groups in total. The van der Waals surface area contributed by atoms with E-state index in [1.54, 1.807) is 0 Å². The van der Waals surface area contributed by atoms with Crippen LogP contribution in [0.4, 0.5) is 5.69 Å². The van der Waals surface area contributed by atoms with Gasteiger partial charge in [-0.1, -0.05) is 0 Å². The van der Waals surface area contributed by atoms with E-state index in [1.165, 1.54) is 0 Å². The van der Waals surface area contributed by atoms with Crippen LogP contribution >= 0.6 is 0 Å². The molecule has 0 amide bonds. The summed E-state index contributed by atoms with van der Waals surface area (Å²) in [5, 5.41) is 8.90. The number of hydrogen-bond acceptors (Lipinski definition) is 5. The van der Waals surface area contributed by atoms with Gasteiger partial charge in [0.1, 0.15) is 13.2 Å². The number of anilines is 1. The Balaban J connectivity index is 1.81. The molecule has 1 fully saturated rings. The summed E-state index contributed by atoms with van der Waals surface area (Å²) >= 11 is 0. The average Bonchev–Trinajstić information content (AvgIpc) is 2.47. The van der Waals surface area contributed by atoms with Gasteiger partial charge in [-0.3, -0.25) is 0 Å². The summed E-state index contributed by atoms with van der Waals surface area (Å²) in [4.78, 5) is 2.13. The molecular weight excluding hydrogens is 232 g/mol. The van der Waals surface area contributed by atoms with E-state index in [4.69, 9.17) is 19.5 Å². The van der Waals surface area contributed by atoms with Crippen LogP contribution in [-0.2, 0) is 4.74 Å². The van der Waals surface area contributed by atoms with Crippen LogP contribution in [0.25, 0.3) is 0 Å². The summed E-state index contributed by atoms with van der Waals surface area (Å²) < 4.78 is 16.4. The van der Waals surface area contributed by atoms with Crippen LogP contribution in [-0.4, -0.2) is 39.0 Å². The Bertz CT molecular complexity index is 484. The minimum atomic E-state index is -0.355. The van der Waals surface area contributed by atoms with Gasteiger partial charge in [0.2, 0.25) is 0 Å². The second-order valence-corrected chi connectivity index (χ2v) is 4.26. The quantitative estimate of drug-likeness (QED) is 0.745. The number of morpholine rings is 1. The largest absolute Gasteiger partial charge is 0.486 e. The molecular formula is C13H14N2O3. The molecule has 1 aromatic carbocycles. The first-order valence-corrected chi connectivity index (χ1v) is 6.02. The van der Waals surface area contributed by atoms with Gasteiger partial charge in [-0.05, 0) is 12.1 Å². The highest BCUT2D eigenvalue weighted by atomic mass is 16.6. The highest BCUT2D eigenvalue weighted by molar-refractivity contribution is 5.57. The summed E-state index contributed by atoms with van der Waals surface area (Å²) in [6.45, 7) is 3.14. The lowest BCUT2D eigenvalue weighted by Gasteiger charge is -2.32. The molecule has 94 valence electrons. The molecule has 2 heterocycles. The van der Waals surface area contributed by atoms with E-state index in [2.05, 4.69) is 11.0 Å². The zero-order chi connectivity index (χ0) is 12.4. The lowest BCUT2D eigenvalue weighted by Crippen LogP contribution is -2.41. The standard InChI is InChI=1S/C13H14N2O3/c14-8-11-9-15(3-4-16-11)10-1-2-12-13(7-10)18-6-5-17-12/h1-2,7,11H,3-6,9H2. The fraction of sp³-hybridized carbons (Fsp3) is 0.462. The van der Waals surface area contributed by atoms with E-state index in [-0.39, 0.29) is 6.10 Å². The molecule has 0 aromatic heterocycles. The zero-order valence-electron chi connectivity index (χ0n) is 9.96. The predicted octanol–water partition coefficient (Wildman–Crippen LogP) is 1.19. The molecule has 1 saturated heterocycles. The third-order valence-corrected chi connectivity index (χ3v) is 3.10. The monoisotopic (exact) mass is 246 g/mol. The van der Waals surface area contributed by atoms with Crippen molar-refractivity contribution in [3.63, 3.8) is 0 Å². The van der Waals surface area contributed by atoms with E-state index in [0.29, 0.717) is 26.4 Å². The summed E-state index contributed by atoms with van der Waals surface area (Å²) in [6.07, 6.45) is -0.355. The SMILES string of the molecule is N#CC1CN(c2ccc3c(c2)OCCO3)CCO1. The lowest BCUT2D eigenvalue weighted by molar-refractivity contribution is 0.0764. The number of rotatable bonds is 1. The van der Waals surface area contributed by atoms with Gasteiger partial charge in [0.05, 0.1) is 19.2 Å². The van der Waals surface area contributed by atoms with E-state index < -0.39 is 0 Å². The lowest BCUT2D eigenvalue weighted by atomic mass is 10.2. The third-order valence-electron chi connectivity index (χ3n) is 3.10. The van der Waals surface area contributed by atoms with Crippen molar-refractivity contribution >= 4 is 5.69 Å². The van der Waals surface area contributed by atoms with Gasteiger partial charge in [0.15, 0.2) is 17.6 Å². The summed E-state index contributed by atoms with van der Waals surface area (Å²) in [6, 6.07) is 8.02. The Morgan fingerprint density at radius 1 is 1.17 bits per heavy atom. The topological polar surface area (TPSA) is 54.7 Å². The fourth-order valence-corrected chi connectivity index (χ4v) is 2.19. The summed E-state index contributed by atoms with van der Waals surface area (Å²) in [7, 11) is 0. The minimum absolute atomic E-state index is 0.355. The maximum absolute atomic E-state index is 8.90.